The zero-order valence-electron chi connectivity index (χ0n) is 12.3. The lowest BCUT2D eigenvalue weighted by Crippen LogP contribution is -2.23. The molecule has 6 heteroatoms. The Kier molecular flexibility index (Phi) is 6.17. The van der Waals surface area contributed by atoms with Crippen molar-refractivity contribution >= 4 is 17.6 Å². The average Bonchev–Trinajstić information content (AvgIpc) is 2.39. The van der Waals surface area contributed by atoms with Crippen molar-refractivity contribution in [1.29, 1.82) is 0 Å². The predicted octanol–water partition coefficient (Wildman–Crippen LogP) is 2.04. The molecule has 0 saturated heterocycles. The van der Waals surface area contributed by atoms with Crippen molar-refractivity contribution in [2.24, 2.45) is 17.6 Å². The molecular weight excluding hydrogens is 272 g/mol. The molecule has 1 amide bonds. The summed E-state index contributed by atoms with van der Waals surface area (Å²) in [6.45, 7) is 4.53. The number of carbonyl (C=O) groups is 2. The lowest BCUT2D eigenvalue weighted by molar-refractivity contribution is -0.117. The molecule has 116 valence electrons. The SMILES string of the molecule is CC(C)CC(CN)CC(=O)Nc1cc(C(=O)O)ccc1O. The number of anilines is 1. The molecule has 1 rings (SSSR count). The van der Waals surface area contributed by atoms with Gasteiger partial charge in [0.25, 0.3) is 0 Å². The molecule has 0 spiro atoms. The summed E-state index contributed by atoms with van der Waals surface area (Å²) in [5.41, 5.74) is 5.75. The molecule has 1 aromatic rings. The largest absolute Gasteiger partial charge is 0.506 e. The Hall–Kier alpha value is -2.08. The van der Waals surface area contributed by atoms with Gasteiger partial charge >= 0.3 is 5.97 Å². The number of phenols is 1. The number of carbonyl (C=O) groups excluding carboxylic acids is 1. The van der Waals surface area contributed by atoms with E-state index in [-0.39, 0.29) is 35.2 Å². The molecule has 1 unspecified atom stereocenters. The molecule has 5 N–H and O–H groups in total. The number of aromatic carboxylic acids is 1. The molecule has 0 radical (unpaired) electrons. The van der Waals surface area contributed by atoms with E-state index in [4.69, 9.17) is 10.8 Å². The van der Waals surface area contributed by atoms with E-state index in [1.165, 1.54) is 18.2 Å². The first-order chi connectivity index (χ1) is 9.83. The number of hydrogen-bond acceptors (Lipinski definition) is 4. The molecular formula is C15H22N2O4. The van der Waals surface area contributed by atoms with Gasteiger partial charge in [0.05, 0.1) is 11.3 Å². The third-order valence-electron chi connectivity index (χ3n) is 3.13. The van der Waals surface area contributed by atoms with Gasteiger partial charge in [-0.05, 0) is 43.0 Å². The summed E-state index contributed by atoms with van der Waals surface area (Å²) >= 11 is 0. The summed E-state index contributed by atoms with van der Waals surface area (Å²) in [4.78, 5) is 22.9. The minimum Gasteiger partial charge on any atom is -0.506 e. The summed E-state index contributed by atoms with van der Waals surface area (Å²) in [5.74, 6) is -1.07. The quantitative estimate of drug-likeness (QED) is 0.575. The van der Waals surface area contributed by atoms with Crippen LogP contribution in [0.1, 0.15) is 37.0 Å². The summed E-state index contributed by atoms with van der Waals surface area (Å²) in [7, 11) is 0. The second kappa shape index (κ2) is 7.64. The Morgan fingerprint density at radius 3 is 2.52 bits per heavy atom. The minimum absolute atomic E-state index is 0.000607. The molecule has 0 aliphatic carbocycles. The van der Waals surface area contributed by atoms with E-state index >= 15 is 0 Å². The van der Waals surface area contributed by atoms with Crippen molar-refractivity contribution in [2.75, 3.05) is 11.9 Å². The number of amides is 1. The number of nitrogens with one attached hydrogen (secondary N) is 1. The van der Waals surface area contributed by atoms with E-state index in [0.717, 1.165) is 6.42 Å². The van der Waals surface area contributed by atoms with Crippen LogP contribution < -0.4 is 11.1 Å². The van der Waals surface area contributed by atoms with E-state index in [9.17, 15) is 14.7 Å². The van der Waals surface area contributed by atoms with Crippen LogP contribution in [0.15, 0.2) is 18.2 Å². The number of aromatic hydroxyl groups is 1. The smallest absolute Gasteiger partial charge is 0.335 e. The Morgan fingerprint density at radius 2 is 2.00 bits per heavy atom. The fraction of sp³-hybridized carbons (Fsp3) is 0.467. The van der Waals surface area contributed by atoms with Gasteiger partial charge in [-0.2, -0.15) is 0 Å². The van der Waals surface area contributed by atoms with Crippen molar-refractivity contribution in [1.82, 2.24) is 0 Å². The number of rotatable bonds is 7. The van der Waals surface area contributed by atoms with Gasteiger partial charge in [0.2, 0.25) is 5.91 Å². The summed E-state index contributed by atoms with van der Waals surface area (Å²) < 4.78 is 0. The van der Waals surface area contributed by atoms with Crippen LogP contribution in [-0.2, 0) is 4.79 Å². The van der Waals surface area contributed by atoms with Gasteiger partial charge in [-0.1, -0.05) is 13.8 Å². The fourth-order valence-electron chi connectivity index (χ4n) is 2.16. The maximum Gasteiger partial charge on any atom is 0.335 e. The monoisotopic (exact) mass is 294 g/mol. The van der Waals surface area contributed by atoms with Crippen LogP contribution in [0.2, 0.25) is 0 Å². The first-order valence-corrected chi connectivity index (χ1v) is 6.89. The lowest BCUT2D eigenvalue weighted by atomic mass is 9.94. The van der Waals surface area contributed by atoms with Crippen molar-refractivity contribution in [2.45, 2.75) is 26.7 Å². The molecule has 6 nitrogen and oxygen atoms in total. The molecule has 1 aromatic carbocycles. The number of carboxylic acids is 1. The molecule has 1 atom stereocenters. The highest BCUT2D eigenvalue weighted by Crippen LogP contribution is 2.25. The molecule has 0 aromatic heterocycles. The van der Waals surface area contributed by atoms with Crippen LogP contribution >= 0.6 is 0 Å². The number of benzene rings is 1. The fourth-order valence-corrected chi connectivity index (χ4v) is 2.16. The van der Waals surface area contributed by atoms with E-state index < -0.39 is 5.97 Å². The van der Waals surface area contributed by atoms with Crippen molar-refractivity contribution in [3.05, 3.63) is 23.8 Å². The molecule has 0 aliphatic heterocycles. The predicted molar refractivity (Wildman–Crippen MR) is 80.3 cm³/mol. The zero-order valence-corrected chi connectivity index (χ0v) is 12.3. The molecule has 0 bridgehead atoms. The standard InChI is InChI=1S/C15H22N2O4/c1-9(2)5-10(8-16)6-14(19)17-12-7-11(15(20)21)3-4-13(12)18/h3-4,7,9-10,18H,5-6,8,16H2,1-2H3,(H,17,19)(H,20,21). The second-order valence-electron chi connectivity index (χ2n) is 5.52. The first kappa shape index (κ1) is 17.0. The first-order valence-electron chi connectivity index (χ1n) is 6.89. The van der Waals surface area contributed by atoms with Gasteiger partial charge in [-0.25, -0.2) is 4.79 Å². The van der Waals surface area contributed by atoms with E-state index in [1.54, 1.807) is 0 Å². The van der Waals surface area contributed by atoms with Gasteiger partial charge in [0.15, 0.2) is 0 Å². The van der Waals surface area contributed by atoms with Crippen LogP contribution in [0.4, 0.5) is 5.69 Å². The highest BCUT2D eigenvalue weighted by atomic mass is 16.4. The highest BCUT2D eigenvalue weighted by Gasteiger charge is 2.16. The summed E-state index contributed by atoms with van der Waals surface area (Å²) in [5, 5.41) is 21.1. The van der Waals surface area contributed by atoms with Gasteiger partial charge in [0, 0.05) is 6.42 Å². The molecule has 0 aliphatic rings. The van der Waals surface area contributed by atoms with Crippen LogP contribution in [-0.4, -0.2) is 28.6 Å². The van der Waals surface area contributed by atoms with Gasteiger partial charge in [-0.15, -0.1) is 0 Å². The Balaban J connectivity index is 2.74. The van der Waals surface area contributed by atoms with Crippen LogP contribution in [0.25, 0.3) is 0 Å². The number of hydrogen-bond donors (Lipinski definition) is 4. The maximum absolute atomic E-state index is 12.0. The van der Waals surface area contributed by atoms with Gasteiger partial charge in [0.1, 0.15) is 5.75 Å². The molecule has 0 fully saturated rings. The summed E-state index contributed by atoms with van der Waals surface area (Å²) in [6.07, 6.45) is 1.08. The molecule has 21 heavy (non-hydrogen) atoms. The van der Waals surface area contributed by atoms with Crippen LogP contribution in [0.3, 0.4) is 0 Å². The number of carboxylic acid groups (broad SMARTS) is 1. The van der Waals surface area contributed by atoms with E-state index in [2.05, 4.69) is 19.2 Å². The van der Waals surface area contributed by atoms with E-state index in [1.807, 2.05) is 0 Å². The van der Waals surface area contributed by atoms with E-state index in [0.29, 0.717) is 12.5 Å². The van der Waals surface area contributed by atoms with Crippen LogP contribution in [0.5, 0.6) is 5.75 Å². The third-order valence-corrected chi connectivity index (χ3v) is 3.13. The normalized spacial score (nSPS) is 12.2. The third kappa shape index (κ3) is 5.43. The van der Waals surface area contributed by atoms with Crippen LogP contribution in [0, 0.1) is 11.8 Å². The van der Waals surface area contributed by atoms with Crippen molar-refractivity contribution in [3.8, 4) is 5.75 Å². The maximum atomic E-state index is 12.0. The second-order valence-corrected chi connectivity index (χ2v) is 5.52. The Bertz CT molecular complexity index is 514. The van der Waals surface area contributed by atoms with Crippen molar-refractivity contribution < 1.29 is 19.8 Å². The number of nitrogens with two attached hydrogens (primary N) is 1. The molecule has 0 heterocycles. The number of phenolic OH excluding ortho intramolecular Hbond substituents is 1. The molecule has 0 saturated carbocycles. The van der Waals surface area contributed by atoms with Gasteiger partial charge in [-0.3, -0.25) is 4.79 Å². The average molecular weight is 294 g/mol. The Labute approximate surface area is 124 Å². The topological polar surface area (TPSA) is 113 Å². The minimum atomic E-state index is -1.12. The van der Waals surface area contributed by atoms with Gasteiger partial charge < -0.3 is 21.3 Å². The lowest BCUT2D eigenvalue weighted by Gasteiger charge is -2.17. The Morgan fingerprint density at radius 1 is 1.33 bits per heavy atom. The van der Waals surface area contributed by atoms with Crippen molar-refractivity contribution in [3.63, 3.8) is 0 Å². The zero-order chi connectivity index (χ0) is 16.0. The highest BCUT2D eigenvalue weighted by molar-refractivity contribution is 5.95. The summed E-state index contributed by atoms with van der Waals surface area (Å²) in [6, 6.07) is 3.75.